The highest BCUT2D eigenvalue weighted by Gasteiger charge is 2.35. The molecule has 5 rings (SSSR count). The molecule has 0 unspecified atom stereocenters. The van der Waals surface area contributed by atoms with Crippen molar-refractivity contribution < 1.29 is 9.18 Å². The largest absolute Gasteiger partial charge is 0.353 e. The van der Waals surface area contributed by atoms with E-state index in [0.29, 0.717) is 13.0 Å². The van der Waals surface area contributed by atoms with E-state index >= 15 is 0 Å². The number of aromatic nitrogens is 1. The molecular formula is C27H30FN5O. The highest BCUT2D eigenvalue weighted by atomic mass is 19.1. The molecule has 1 saturated heterocycles. The zero-order valence-electron chi connectivity index (χ0n) is 19.5. The summed E-state index contributed by atoms with van der Waals surface area (Å²) in [6.07, 6.45) is 2.60. The van der Waals surface area contributed by atoms with Crippen LogP contribution in [0, 0.1) is 5.82 Å². The lowest BCUT2D eigenvalue weighted by atomic mass is 10.0. The molecule has 0 radical (unpaired) electrons. The minimum absolute atomic E-state index is 0.000166. The van der Waals surface area contributed by atoms with Crippen LogP contribution in [0.3, 0.4) is 0 Å². The maximum atomic E-state index is 13.4. The third-order valence-corrected chi connectivity index (χ3v) is 6.74. The van der Waals surface area contributed by atoms with Crippen LogP contribution in [-0.4, -0.2) is 63.7 Å². The Morgan fingerprint density at radius 1 is 0.941 bits per heavy atom. The predicted octanol–water partition coefficient (Wildman–Crippen LogP) is 3.66. The number of hydrazone groups is 1. The molecule has 1 aromatic heterocycles. The summed E-state index contributed by atoms with van der Waals surface area (Å²) < 4.78 is 15.5. The van der Waals surface area contributed by atoms with Crippen LogP contribution in [0.15, 0.2) is 78.0 Å². The lowest BCUT2D eigenvalue weighted by molar-refractivity contribution is -0.134. The minimum atomic E-state index is -0.277. The van der Waals surface area contributed by atoms with Crippen molar-refractivity contribution >= 4 is 11.6 Å². The van der Waals surface area contributed by atoms with Gasteiger partial charge in [-0.3, -0.25) is 14.6 Å². The van der Waals surface area contributed by atoms with E-state index in [1.54, 1.807) is 17.1 Å². The van der Waals surface area contributed by atoms with Gasteiger partial charge in [-0.1, -0.05) is 42.5 Å². The van der Waals surface area contributed by atoms with E-state index in [9.17, 15) is 9.18 Å². The Hall–Kier alpha value is -3.29. The minimum Gasteiger partial charge on any atom is -0.353 e. The van der Waals surface area contributed by atoms with Gasteiger partial charge in [-0.2, -0.15) is 5.10 Å². The molecule has 2 aromatic carbocycles. The number of nitrogens with zero attached hydrogens (tertiary/aromatic N) is 5. The number of carbonyl (C=O) groups excluding carboxylic acids is 1. The molecule has 1 fully saturated rings. The predicted molar refractivity (Wildman–Crippen MR) is 131 cm³/mol. The monoisotopic (exact) mass is 459 g/mol. The molecule has 1 amide bonds. The van der Waals surface area contributed by atoms with Crippen molar-refractivity contribution in [2.24, 2.45) is 12.1 Å². The van der Waals surface area contributed by atoms with E-state index in [1.165, 1.54) is 17.7 Å². The van der Waals surface area contributed by atoms with Gasteiger partial charge in [0, 0.05) is 58.1 Å². The van der Waals surface area contributed by atoms with Gasteiger partial charge in [0.25, 0.3) is 5.91 Å². The molecule has 6 nitrogen and oxygen atoms in total. The second kappa shape index (κ2) is 9.91. The summed E-state index contributed by atoms with van der Waals surface area (Å²) >= 11 is 0. The molecule has 176 valence electrons. The van der Waals surface area contributed by atoms with Gasteiger partial charge in [-0.25, -0.2) is 9.40 Å². The highest BCUT2D eigenvalue weighted by Crippen LogP contribution is 2.33. The SMILES string of the molecule is Cn1cccc1[C@@H]1CC(c2ccc(F)cc2)=NN1C(=O)CN1CCN(Cc2ccccc2)CC1. The third kappa shape index (κ3) is 4.95. The number of benzene rings is 2. The second-order valence-corrected chi connectivity index (χ2v) is 9.09. The number of piperazine rings is 1. The molecular weight excluding hydrogens is 429 g/mol. The number of rotatable bonds is 6. The standard InChI is InChI=1S/C27H30FN5O/c1-30-13-5-8-25(30)26-18-24(22-9-11-23(28)12-10-22)29-33(26)27(34)20-32-16-14-31(15-17-32)19-21-6-3-2-4-7-21/h2-13,26H,14-20H2,1H3/t26-/m0/s1. The zero-order valence-corrected chi connectivity index (χ0v) is 19.5. The van der Waals surface area contributed by atoms with E-state index in [4.69, 9.17) is 5.10 Å². The Kier molecular flexibility index (Phi) is 6.56. The van der Waals surface area contributed by atoms with Crippen LogP contribution in [-0.2, 0) is 18.4 Å². The van der Waals surface area contributed by atoms with Gasteiger partial charge in [0.1, 0.15) is 11.9 Å². The van der Waals surface area contributed by atoms with Crippen molar-refractivity contribution in [3.63, 3.8) is 0 Å². The Balaban J connectivity index is 1.26. The van der Waals surface area contributed by atoms with Crippen molar-refractivity contribution in [3.8, 4) is 0 Å². The summed E-state index contributed by atoms with van der Waals surface area (Å²) in [6.45, 7) is 4.88. The Bertz CT molecular complexity index is 1150. The van der Waals surface area contributed by atoms with Crippen LogP contribution in [0.1, 0.15) is 29.3 Å². The number of amides is 1. The smallest absolute Gasteiger partial charge is 0.257 e. The summed E-state index contributed by atoms with van der Waals surface area (Å²) in [5.74, 6) is -0.277. The van der Waals surface area contributed by atoms with Crippen molar-refractivity contribution in [2.45, 2.75) is 19.0 Å². The fourth-order valence-corrected chi connectivity index (χ4v) is 4.82. The summed E-state index contributed by atoms with van der Waals surface area (Å²) in [6, 6.07) is 20.7. The first-order chi connectivity index (χ1) is 16.6. The van der Waals surface area contributed by atoms with Gasteiger partial charge in [0.15, 0.2) is 0 Å². The molecule has 34 heavy (non-hydrogen) atoms. The summed E-state index contributed by atoms with van der Waals surface area (Å²) in [5.41, 5.74) is 4.02. The van der Waals surface area contributed by atoms with Crippen molar-refractivity contribution in [3.05, 3.63) is 95.6 Å². The topological polar surface area (TPSA) is 44.1 Å². The first-order valence-electron chi connectivity index (χ1n) is 11.8. The van der Waals surface area contributed by atoms with Crippen LogP contribution >= 0.6 is 0 Å². The normalized spacial score (nSPS) is 19.4. The van der Waals surface area contributed by atoms with Crippen LogP contribution in [0.2, 0.25) is 0 Å². The number of halogens is 1. The van der Waals surface area contributed by atoms with Gasteiger partial charge < -0.3 is 4.57 Å². The average molecular weight is 460 g/mol. The molecule has 0 aliphatic carbocycles. The number of carbonyl (C=O) groups is 1. The molecule has 7 heteroatoms. The van der Waals surface area contributed by atoms with Gasteiger partial charge >= 0.3 is 0 Å². The zero-order chi connectivity index (χ0) is 23.5. The van der Waals surface area contributed by atoms with Crippen LogP contribution in [0.25, 0.3) is 0 Å². The molecule has 0 spiro atoms. The second-order valence-electron chi connectivity index (χ2n) is 9.09. The molecule has 2 aliphatic rings. The molecule has 1 atom stereocenters. The highest BCUT2D eigenvalue weighted by molar-refractivity contribution is 6.03. The first kappa shape index (κ1) is 22.5. The van der Waals surface area contributed by atoms with E-state index in [2.05, 4.69) is 34.1 Å². The summed E-state index contributed by atoms with van der Waals surface area (Å²) in [5, 5.41) is 6.37. The molecule has 2 aliphatic heterocycles. The average Bonchev–Trinajstić information content (AvgIpc) is 3.48. The molecule has 0 N–H and O–H groups in total. The Labute approximate surface area is 199 Å². The van der Waals surface area contributed by atoms with Gasteiger partial charge in [0.2, 0.25) is 0 Å². The van der Waals surface area contributed by atoms with Crippen LogP contribution in [0.4, 0.5) is 4.39 Å². The van der Waals surface area contributed by atoms with Gasteiger partial charge in [-0.05, 0) is 35.4 Å². The number of aryl methyl sites for hydroxylation is 1. The molecule has 3 heterocycles. The maximum absolute atomic E-state index is 13.4. The van der Waals surface area contributed by atoms with Crippen molar-refractivity contribution in [1.82, 2.24) is 19.4 Å². The van der Waals surface area contributed by atoms with E-state index in [-0.39, 0.29) is 17.8 Å². The molecule has 0 saturated carbocycles. The van der Waals surface area contributed by atoms with Crippen molar-refractivity contribution in [1.29, 1.82) is 0 Å². The first-order valence-corrected chi connectivity index (χ1v) is 11.8. The van der Waals surface area contributed by atoms with Crippen molar-refractivity contribution in [2.75, 3.05) is 32.7 Å². The van der Waals surface area contributed by atoms with Crippen LogP contribution < -0.4 is 0 Å². The lowest BCUT2D eigenvalue weighted by Crippen LogP contribution is -2.49. The fraction of sp³-hybridized carbons (Fsp3) is 0.333. The van der Waals surface area contributed by atoms with E-state index in [0.717, 1.165) is 49.7 Å². The lowest BCUT2D eigenvalue weighted by Gasteiger charge is -2.35. The summed E-state index contributed by atoms with van der Waals surface area (Å²) in [4.78, 5) is 18.1. The van der Waals surface area contributed by atoms with Gasteiger partial charge in [-0.15, -0.1) is 0 Å². The summed E-state index contributed by atoms with van der Waals surface area (Å²) in [7, 11) is 1.99. The quantitative estimate of drug-likeness (QED) is 0.565. The number of hydrogen-bond acceptors (Lipinski definition) is 4. The molecule has 0 bridgehead atoms. The number of hydrogen-bond donors (Lipinski definition) is 0. The maximum Gasteiger partial charge on any atom is 0.257 e. The van der Waals surface area contributed by atoms with Gasteiger partial charge in [0.05, 0.1) is 12.3 Å². The Morgan fingerprint density at radius 2 is 1.65 bits per heavy atom. The van der Waals surface area contributed by atoms with Crippen LogP contribution in [0.5, 0.6) is 0 Å². The van der Waals surface area contributed by atoms with E-state index in [1.807, 2.05) is 36.0 Å². The third-order valence-electron chi connectivity index (χ3n) is 6.74. The molecule has 3 aromatic rings. The fourth-order valence-electron chi connectivity index (χ4n) is 4.82. The Morgan fingerprint density at radius 3 is 2.32 bits per heavy atom. The van der Waals surface area contributed by atoms with E-state index < -0.39 is 0 Å².